The highest BCUT2D eigenvalue weighted by atomic mass is 32.2. The largest absolute Gasteiger partial charge is 0.489 e. The lowest BCUT2D eigenvalue weighted by Crippen LogP contribution is -2.31. The van der Waals surface area contributed by atoms with Crippen LogP contribution in [0.25, 0.3) is 0 Å². The predicted molar refractivity (Wildman–Crippen MR) is 101 cm³/mol. The van der Waals surface area contributed by atoms with E-state index in [2.05, 4.69) is 66.0 Å². The zero-order chi connectivity index (χ0) is 15.9. The molecule has 0 unspecified atom stereocenters. The third-order valence-electron chi connectivity index (χ3n) is 5.40. The predicted octanol–water partition coefficient (Wildman–Crippen LogP) is 5.01. The van der Waals surface area contributed by atoms with Crippen LogP contribution in [-0.2, 0) is 0 Å². The molecule has 122 valence electrons. The summed E-state index contributed by atoms with van der Waals surface area (Å²) in [5.74, 6) is 4.37. The van der Waals surface area contributed by atoms with Crippen molar-refractivity contribution in [2.75, 3.05) is 16.8 Å². The van der Waals surface area contributed by atoms with Gasteiger partial charge in [0.15, 0.2) is 0 Å². The minimum atomic E-state index is 0.346. The lowest BCUT2D eigenvalue weighted by molar-refractivity contribution is 0.240. The summed E-state index contributed by atoms with van der Waals surface area (Å²) in [6, 6.07) is 17.8. The molecule has 2 nitrogen and oxygen atoms in total. The average molecular weight is 335 g/mol. The third-order valence-corrected chi connectivity index (χ3v) is 6.61. The topological polar surface area (TPSA) is 21.3 Å². The van der Waals surface area contributed by atoms with Crippen LogP contribution in [0.1, 0.15) is 29.5 Å². The first kappa shape index (κ1) is 14.5. The Balaban J connectivity index is 1.47. The molecule has 1 aliphatic carbocycles. The Morgan fingerprint density at radius 2 is 1.96 bits per heavy atom. The van der Waals surface area contributed by atoms with Gasteiger partial charge in [-0.3, -0.25) is 0 Å². The summed E-state index contributed by atoms with van der Waals surface area (Å²) in [6.45, 7) is 0. The van der Waals surface area contributed by atoms with Crippen LogP contribution >= 0.6 is 11.8 Å². The molecule has 0 bridgehead atoms. The van der Waals surface area contributed by atoms with Crippen molar-refractivity contribution in [3.63, 3.8) is 0 Å². The van der Waals surface area contributed by atoms with Gasteiger partial charge in [0.25, 0.3) is 0 Å². The van der Waals surface area contributed by atoms with Crippen molar-refractivity contribution in [2.45, 2.75) is 24.5 Å². The Bertz CT molecular complexity index is 783. The summed E-state index contributed by atoms with van der Waals surface area (Å²) in [4.78, 5) is 0. The van der Waals surface area contributed by atoms with Gasteiger partial charge in [-0.25, -0.2) is 0 Å². The summed E-state index contributed by atoms with van der Waals surface area (Å²) in [7, 11) is 0. The monoisotopic (exact) mass is 335 g/mol. The second-order valence-electron chi connectivity index (χ2n) is 6.91. The summed E-state index contributed by atoms with van der Waals surface area (Å²) < 4.78 is 6.10. The summed E-state index contributed by atoms with van der Waals surface area (Å²) in [6.07, 6.45) is 6.27. The number of allylic oxidation sites excluding steroid dienone is 2. The molecule has 2 aromatic carbocycles. The highest BCUT2D eigenvalue weighted by Crippen LogP contribution is 2.49. The number of para-hydroxylation sites is 1. The fourth-order valence-corrected chi connectivity index (χ4v) is 4.69. The van der Waals surface area contributed by atoms with E-state index >= 15 is 0 Å². The molecular formula is C21H21NOS. The fraction of sp³-hybridized carbons (Fsp3) is 0.333. The molecule has 0 radical (unpaired) electrons. The first-order valence-electron chi connectivity index (χ1n) is 8.75. The maximum Gasteiger partial charge on any atom is 0.120 e. The molecule has 0 saturated carbocycles. The molecule has 0 amide bonds. The lowest BCUT2D eigenvalue weighted by atomic mass is 9.77. The molecular weight excluding hydrogens is 314 g/mol. The van der Waals surface area contributed by atoms with Gasteiger partial charge in [0.05, 0.1) is 6.04 Å². The standard InChI is InChI=1S/C21H21NOS/c1-2-10-20-18(7-1)17-8-4-9-19(17)21(22-20)14-5-3-6-15(11-14)23-16-12-24-13-16/h1-8,10-11,16-17,19,21-22H,9,12-13H2/t17-,19+,21+/m1/s1. The van der Waals surface area contributed by atoms with Crippen LogP contribution in [0.5, 0.6) is 5.75 Å². The van der Waals surface area contributed by atoms with E-state index in [1.807, 2.05) is 11.8 Å². The van der Waals surface area contributed by atoms with Crippen molar-refractivity contribution in [2.24, 2.45) is 5.92 Å². The zero-order valence-corrected chi connectivity index (χ0v) is 14.3. The van der Waals surface area contributed by atoms with Gasteiger partial charge in [-0.15, -0.1) is 0 Å². The molecule has 24 heavy (non-hydrogen) atoms. The quantitative estimate of drug-likeness (QED) is 0.797. The smallest absolute Gasteiger partial charge is 0.120 e. The van der Waals surface area contributed by atoms with Crippen molar-refractivity contribution in [3.8, 4) is 5.75 Å². The second-order valence-corrected chi connectivity index (χ2v) is 7.99. The second kappa shape index (κ2) is 5.89. The van der Waals surface area contributed by atoms with Crippen LogP contribution in [0.3, 0.4) is 0 Å². The maximum atomic E-state index is 6.10. The number of hydrogen-bond donors (Lipinski definition) is 1. The number of ether oxygens (including phenoxy) is 1. The van der Waals surface area contributed by atoms with Gasteiger partial charge in [0.2, 0.25) is 0 Å². The van der Waals surface area contributed by atoms with Gasteiger partial charge < -0.3 is 10.1 Å². The van der Waals surface area contributed by atoms with Crippen LogP contribution in [0, 0.1) is 5.92 Å². The Kier molecular flexibility index (Phi) is 3.55. The lowest BCUT2D eigenvalue weighted by Gasteiger charge is -2.37. The van der Waals surface area contributed by atoms with Crippen LogP contribution in [-0.4, -0.2) is 17.6 Å². The molecule has 3 atom stereocenters. The SMILES string of the molecule is C1=C[C@@H]2c3ccccc3N[C@@H](c3cccc(OC4CSC4)c3)[C@H]2C1. The van der Waals surface area contributed by atoms with E-state index in [0.717, 1.165) is 23.7 Å². The Morgan fingerprint density at radius 1 is 1.04 bits per heavy atom. The van der Waals surface area contributed by atoms with Crippen LogP contribution in [0.2, 0.25) is 0 Å². The van der Waals surface area contributed by atoms with Gasteiger partial charge in [0, 0.05) is 23.1 Å². The van der Waals surface area contributed by atoms with E-state index in [9.17, 15) is 0 Å². The number of anilines is 1. The summed E-state index contributed by atoms with van der Waals surface area (Å²) >= 11 is 1.96. The molecule has 3 aliphatic rings. The summed E-state index contributed by atoms with van der Waals surface area (Å²) in [5.41, 5.74) is 4.05. The number of rotatable bonds is 3. The maximum absolute atomic E-state index is 6.10. The third kappa shape index (κ3) is 2.42. The van der Waals surface area contributed by atoms with Gasteiger partial charge in [0.1, 0.15) is 11.9 Å². The van der Waals surface area contributed by atoms with Gasteiger partial charge >= 0.3 is 0 Å². The molecule has 5 rings (SSSR count). The van der Waals surface area contributed by atoms with Gasteiger partial charge in [-0.1, -0.05) is 42.5 Å². The molecule has 0 spiro atoms. The molecule has 2 heterocycles. The average Bonchev–Trinajstić information content (AvgIpc) is 3.08. The molecule has 3 heteroatoms. The van der Waals surface area contributed by atoms with E-state index in [1.165, 1.54) is 16.8 Å². The number of fused-ring (bicyclic) bond motifs is 3. The first-order valence-corrected chi connectivity index (χ1v) is 9.90. The van der Waals surface area contributed by atoms with Gasteiger partial charge in [-0.05, 0) is 41.7 Å². The Hall–Kier alpha value is -1.87. The molecule has 2 aliphatic heterocycles. The van der Waals surface area contributed by atoms with E-state index < -0.39 is 0 Å². The van der Waals surface area contributed by atoms with Crippen molar-refractivity contribution >= 4 is 17.4 Å². The number of hydrogen-bond acceptors (Lipinski definition) is 3. The van der Waals surface area contributed by atoms with Crippen molar-refractivity contribution < 1.29 is 4.74 Å². The van der Waals surface area contributed by atoms with Gasteiger partial charge in [-0.2, -0.15) is 11.8 Å². The van der Waals surface area contributed by atoms with E-state index in [0.29, 0.717) is 24.0 Å². The zero-order valence-electron chi connectivity index (χ0n) is 13.5. The van der Waals surface area contributed by atoms with Crippen LogP contribution in [0.15, 0.2) is 60.7 Å². The molecule has 1 fully saturated rings. The Morgan fingerprint density at radius 3 is 2.83 bits per heavy atom. The highest BCUT2D eigenvalue weighted by Gasteiger charge is 2.37. The van der Waals surface area contributed by atoms with E-state index in [4.69, 9.17) is 4.74 Å². The number of benzene rings is 2. The molecule has 2 aromatic rings. The fourth-order valence-electron chi connectivity index (χ4n) is 4.13. The minimum Gasteiger partial charge on any atom is -0.489 e. The Labute approximate surface area is 147 Å². The molecule has 0 aromatic heterocycles. The minimum absolute atomic E-state index is 0.346. The molecule has 1 N–H and O–H groups in total. The highest BCUT2D eigenvalue weighted by molar-refractivity contribution is 8.00. The van der Waals surface area contributed by atoms with Crippen LogP contribution < -0.4 is 10.1 Å². The summed E-state index contributed by atoms with van der Waals surface area (Å²) in [5, 5.41) is 3.79. The number of nitrogens with one attached hydrogen (secondary N) is 1. The first-order chi connectivity index (χ1) is 11.9. The van der Waals surface area contributed by atoms with Crippen LogP contribution in [0.4, 0.5) is 5.69 Å². The van der Waals surface area contributed by atoms with Crippen molar-refractivity contribution in [3.05, 3.63) is 71.8 Å². The van der Waals surface area contributed by atoms with E-state index in [1.54, 1.807) is 0 Å². The normalized spacial score (nSPS) is 27.8. The number of thioether (sulfide) groups is 1. The van der Waals surface area contributed by atoms with E-state index in [-0.39, 0.29) is 0 Å². The van der Waals surface area contributed by atoms with Crippen molar-refractivity contribution in [1.29, 1.82) is 0 Å². The molecule has 1 saturated heterocycles. The van der Waals surface area contributed by atoms with Crippen molar-refractivity contribution in [1.82, 2.24) is 0 Å².